The molecule has 0 unspecified atom stereocenters. The normalized spacial score (nSPS) is 15.1. The van der Waals surface area contributed by atoms with E-state index in [2.05, 4.69) is 9.98 Å². The van der Waals surface area contributed by atoms with Gasteiger partial charge in [-0.3, -0.25) is 0 Å². The van der Waals surface area contributed by atoms with Gasteiger partial charge in [0, 0.05) is 12.1 Å². The van der Waals surface area contributed by atoms with Crippen LogP contribution >= 0.6 is 0 Å². The molecule has 4 nitrogen and oxygen atoms in total. The van der Waals surface area contributed by atoms with Crippen LogP contribution in [0, 0.1) is 6.92 Å². The number of hydrogen-bond donors (Lipinski definition) is 0. The molecule has 0 aliphatic heterocycles. The Hall–Kier alpha value is -1.93. The van der Waals surface area contributed by atoms with Crippen LogP contribution in [0.5, 0.6) is 0 Å². The molecule has 80 valence electrons. The fourth-order valence-corrected chi connectivity index (χ4v) is 2.01. The Morgan fingerprint density at radius 2 is 2.31 bits per heavy atom. The predicted molar refractivity (Wildman–Crippen MR) is 59.7 cm³/mol. The van der Waals surface area contributed by atoms with E-state index in [4.69, 9.17) is 0 Å². The van der Waals surface area contributed by atoms with E-state index in [1.807, 2.05) is 29.7 Å². The molecule has 2 aromatic rings. The number of isocyanates is 1. The van der Waals surface area contributed by atoms with Crippen LogP contribution in [0.15, 0.2) is 23.3 Å². The van der Waals surface area contributed by atoms with Crippen molar-refractivity contribution in [3.05, 3.63) is 29.8 Å². The summed E-state index contributed by atoms with van der Waals surface area (Å²) in [5.74, 6) is 1.67. The molecule has 1 saturated carbocycles. The molecule has 1 aliphatic rings. The van der Waals surface area contributed by atoms with E-state index >= 15 is 0 Å². The Morgan fingerprint density at radius 1 is 1.50 bits per heavy atom. The van der Waals surface area contributed by atoms with Crippen molar-refractivity contribution < 1.29 is 4.79 Å². The number of fused-ring (bicyclic) bond motifs is 1. The third kappa shape index (κ3) is 1.35. The van der Waals surface area contributed by atoms with Crippen LogP contribution in [0.25, 0.3) is 5.52 Å². The van der Waals surface area contributed by atoms with Crippen molar-refractivity contribution in [3.63, 3.8) is 0 Å². The molecule has 0 radical (unpaired) electrons. The molecule has 3 rings (SSSR count). The van der Waals surface area contributed by atoms with E-state index in [9.17, 15) is 4.79 Å². The van der Waals surface area contributed by atoms with Crippen molar-refractivity contribution in [2.45, 2.75) is 25.7 Å². The van der Waals surface area contributed by atoms with Crippen molar-refractivity contribution in [1.29, 1.82) is 0 Å². The highest BCUT2D eigenvalue weighted by molar-refractivity contribution is 5.59. The summed E-state index contributed by atoms with van der Waals surface area (Å²) in [4.78, 5) is 18.4. The zero-order valence-corrected chi connectivity index (χ0v) is 8.97. The number of aromatic nitrogens is 2. The van der Waals surface area contributed by atoms with Crippen molar-refractivity contribution in [2.75, 3.05) is 0 Å². The van der Waals surface area contributed by atoms with Crippen LogP contribution in [-0.2, 0) is 4.79 Å². The minimum atomic E-state index is 0.580. The summed E-state index contributed by atoms with van der Waals surface area (Å²) in [6.07, 6.45) is 5.83. The summed E-state index contributed by atoms with van der Waals surface area (Å²) in [7, 11) is 0. The number of hydrogen-bond acceptors (Lipinski definition) is 3. The maximum Gasteiger partial charge on any atom is 0.240 e. The predicted octanol–water partition coefficient (Wildman–Crippen LogP) is 2.49. The minimum Gasteiger partial charge on any atom is -0.301 e. The van der Waals surface area contributed by atoms with Gasteiger partial charge in [0.2, 0.25) is 6.08 Å². The molecule has 2 aromatic heterocycles. The van der Waals surface area contributed by atoms with E-state index in [1.54, 1.807) is 6.08 Å². The van der Waals surface area contributed by atoms with E-state index in [-0.39, 0.29) is 0 Å². The van der Waals surface area contributed by atoms with Crippen LogP contribution in [0.4, 0.5) is 5.69 Å². The van der Waals surface area contributed by atoms with Crippen LogP contribution in [0.3, 0.4) is 0 Å². The first-order valence-corrected chi connectivity index (χ1v) is 5.36. The number of aryl methyl sites for hydroxylation is 1. The third-order valence-corrected chi connectivity index (χ3v) is 2.95. The number of carbonyl (C=O) groups excluding carboxylic acids is 1. The highest BCUT2D eigenvalue weighted by Gasteiger charge is 2.28. The minimum absolute atomic E-state index is 0.580. The number of imidazole rings is 1. The highest BCUT2D eigenvalue weighted by atomic mass is 16.1. The number of nitrogens with zero attached hydrogens (tertiary/aromatic N) is 3. The zero-order valence-electron chi connectivity index (χ0n) is 8.97. The first-order chi connectivity index (χ1) is 7.79. The second kappa shape index (κ2) is 3.29. The fraction of sp³-hybridized carbons (Fsp3) is 0.333. The molecule has 0 bridgehead atoms. The fourth-order valence-electron chi connectivity index (χ4n) is 2.01. The van der Waals surface area contributed by atoms with Crippen molar-refractivity contribution in [3.8, 4) is 0 Å². The van der Waals surface area contributed by atoms with Crippen molar-refractivity contribution in [2.24, 2.45) is 4.99 Å². The Labute approximate surface area is 92.6 Å². The molecular weight excluding hydrogens is 202 g/mol. The Balaban J connectivity index is 2.26. The van der Waals surface area contributed by atoms with Gasteiger partial charge in [-0.25, -0.2) is 9.78 Å². The molecule has 1 fully saturated rings. The molecule has 1 aliphatic carbocycles. The Morgan fingerprint density at radius 3 is 3.00 bits per heavy atom. The van der Waals surface area contributed by atoms with E-state index in [0.717, 1.165) is 17.0 Å². The van der Waals surface area contributed by atoms with Crippen LogP contribution in [0.2, 0.25) is 0 Å². The summed E-state index contributed by atoms with van der Waals surface area (Å²) >= 11 is 0. The highest BCUT2D eigenvalue weighted by Crippen LogP contribution is 2.40. The lowest BCUT2D eigenvalue weighted by Gasteiger charge is -1.99. The zero-order chi connectivity index (χ0) is 11.1. The standard InChI is InChI=1S/C12H11N3O/c1-8-11-5-4-10(13-7-16)6-15(11)12(14-8)9-2-3-9/h4-6,9H,2-3H2,1H3. The molecule has 0 saturated heterocycles. The van der Waals surface area contributed by atoms with Gasteiger partial charge in [0.05, 0.1) is 16.9 Å². The maximum absolute atomic E-state index is 10.2. The maximum atomic E-state index is 10.2. The Bertz CT molecular complexity index is 604. The topological polar surface area (TPSA) is 46.7 Å². The number of rotatable bonds is 2. The number of aliphatic imine (C=N–C) groups is 1. The second-order valence-electron chi connectivity index (χ2n) is 4.18. The summed E-state index contributed by atoms with van der Waals surface area (Å²) in [6.45, 7) is 2.00. The molecule has 0 N–H and O–H groups in total. The lowest BCUT2D eigenvalue weighted by Crippen LogP contribution is -1.90. The number of pyridine rings is 1. The molecule has 0 spiro atoms. The lowest BCUT2D eigenvalue weighted by atomic mass is 10.3. The average molecular weight is 213 g/mol. The van der Waals surface area contributed by atoms with Gasteiger partial charge in [-0.05, 0) is 31.9 Å². The molecule has 0 atom stereocenters. The molecule has 2 heterocycles. The van der Waals surface area contributed by atoms with Gasteiger partial charge in [0.1, 0.15) is 5.82 Å². The lowest BCUT2D eigenvalue weighted by molar-refractivity contribution is 0.565. The molecular formula is C12H11N3O. The van der Waals surface area contributed by atoms with Gasteiger partial charge in [-0.15, -0.1) is 0 Å². The second-order valence-corrected chi connectivity index (χ2v) is 4.18. The SMILES string of the molecule is Cc1nc(C2CC2)n2cc(N=C=O)ccc12. The van der Waals surface area contributed by atoms with E-state index < -0.39 is 0 Å². The van der Waals surface area contributed by atoms with Crippen LogP contribution < -0.4 is 0 Å². The third-order valence-electron chi connectivity index (χ3n) is 2.95. The van der Waals surface area contributed by atoms with Gasteiger partial charge >= 0.3 is 0 Å². The van der Waals surface area contributed by atoms with Crippen molar-refractivity contribution >= 4 is 17.3 Å². The van der Waals surface area contributed by atoms with Gasteiger partial charge in [0.15, 0.2) is 0 Å². The summed E-state index contributed by atoms with van der Waals surface area (Å²) < 4.78 is 2.04. The molecule has 0 aromatic carbocycles. The largest absolute Gasteiger partial charge is 0.301 e. The summed E-state index contributed by atoms with van der Waals surface area (Å²) in [6, 6.07) is 3.76. The van der Waals surface area contributed by atoms with Crippen molar-refractivity contribution in [1.82, 2.24) is 9.38 Å². The van der Waals surface area contributed by atoms with E-state index in [0.29, 0.717) is 11.6 Å². The van der Waals surface area contributed by atoms with Gasteiger partial charge in [0.25, 0.3) is 0 Å². The quantitative estimate of drug-likeness (QED) is 0.568. The Kier molecular flexibility index (Phi) is 1.91. The molecule has 4 heteroatoms. The van der Waals surface area contributed by atoms with E-state index in [1.165, 1.54) is 12.8 Å². The van der Waals surface area contributed by atoms with Gasteiger partial charge in [-0.2, -0.15) is 4.99 Å². The summed E-state index contributed by atoms with van der Waals surface area (Å²) in [5.41, 5.74) is 2.75. The smallest absolute Gasteiger partial charge is 0.240 e. The van der Waals surface area contributed by atoms with Crippen LogP contribution in [-0.4, -0.2) is 15.5 Å². The average Bonchev–Trinajstić information content (AvgIpc) is 3.06. The van der Waals surface area contributed by atoms with Crippen LogP contribution in [0.1, 0.15) is 30.3 Å². The molecule has 16 heavy (non-hydrogen) atoms. The summed E-state index contributed by atoms with van der Waals surface area (Å²) in [5, 5.41) is 0. The first kappa shape index (κ1) is 9.31. The molecule has 0 amide bonds. The van der Waals surface area contributed by atoms with Gasteiger partial charge < -0.3 is 4.40 Å². The monoisotopic (exact) mass is 213 g/mol. The first-order valence-electron chi connectivity index (χ1n) is 5.36. The van der Waals surface area contributed by atoms with Gasteiger partial charge in [-0.1, -0.05) is 0 Å².